The van der Waals surface area contributed by atoms with E-state index in [0.29, 0.717) is 17.3 Å². The molecule has 1 aromatic carbocycles. The molecule has 1 aliphatic heterocycles. The van der Waals surface area contributed by atoms with E-state index in [1.54, 1.807) is 0 Å². The molecule has 3 aromatic heterocycles. The average Bonchev–Trinajstić information content (AvgIpc) is 3.55. The number of carbonyl (C=O) groups excluding carboxylic acids is 1. The number of aromatic nitrogens is 3. The number of carbonyl (C=O) groups is 1. The first-order valence-electron chi connectivity index (χ1n) is 10.8. The van der Waals surface area contributed by atoms with Gasteiger partial charge in [-0.2, -0.15) is 0 Å². The topological polar surface area (TPSA) is 67.1 Å². The zero-order chi connectivity index (χ0) is 22.5. The molecule has 0 bridgehead atoms. The third-order valence-electron chi connectivity index (χ3n) is 6.22. The number of fused-ring (bicyclic) bond motifs is 1. The summed E-state index contributed by atoms with van der Waals surface area (Å²) in [6.45, 7) is 0. The molecule has 6 nitrogen and oxygen atoms in total. The van der Waals surface area contributed by atoms with Gasteiger partial charge in [0.05, 0.1) is 23.3 Å². The van der Waals surface area contributed by atoms with E-state index in [1.807, 2.05) is 71.5 Å². The first kappa shape index (κ1) is 20.4. The Morgan fingerprint density at radius 2 is 1.97 bits per heavy atom. The summed E-state index contributed by atoms with van der Waals surface area (Å²) in [7, 11) is 1.98. The summed E-state index contributed by atoms with van der Waals surface area (Å²) < 4.78 is 8.29. The number of anilines is 2. The molecular weight excluding hydrogens is 456 g/mol. The van der Waals surface area contributed by atoms with Crippen LogP contribution in [0.15, 0.2) is 80.9 Å². The summed E-state index contributed by atoms with van der Waals surface area (Å²) in [5.41, 5.74) is 6.19. The molecule has 8 heteroatoms. The van der Waals surface area contributed by atoms with Crippen molar-refractivity contribution in [3.05, 3.63) is 76.8 Å². The largest absolute Gasteiger partial charge is 0.433 e. The van der Waals surface area contributed by atoms with Gasteiger partial charge < -0.3 is 14.0 Å². The van der Waals surface area contributed by atoms with Gasteiger partial charge in [-0.1, -0.05) is 23.7 Å². The summed E-state index contributed by atoms with van der Waals surface area (Å²) in [4.78, 5) is 22.6. The number of halogens is 1. The minimum absolute atomic E-state index is 0.186. The Hall–Kier alpha value is -3.16. The lowest BCUT2D eigenvalue weighted by molar-refractivity contribution is -0.116. The first-order valence-corrected chi connectivity index (χ1v) is 12.0. The Balaban J connectivity index is 1.32. The van der Waals surface area contributed by atoms with Crippen LogP contribution >= 0.6 is 23.4 Å². The molecule has 4 aromatic rings. The molecule has 2 aliphatic rings. The summed E-state index contributed by atoms with van der Waals surface area (Å²) in [5, 5.41) is 2.24. The van der Waals surface area contributed by atoms with Gasteiger partial charge in [-0.05, 0) is 65.9 Å². The van der Waals surface area contributed by atoms with Crippen LogP contribution in [0.5, 0.6) is 0 Å². The minimum Gasteiger partial charge on any atom is -0.433 e. The molecule has 1 aliphatic carbocycles. The van der Waals surface area contributed by atoms with Gasteiger partial charge in [0.2, 0.25) is 5.88 Å². The molecular formula is C25H21ClN4O2S. The van der Waals surface area contributed by atoms with Crippen LogP contribution in [-0.2, 0) is 18.3 Å². The van der Waals surface area contributed by atoms with Gasteiger partial charge in [-0.15, -0.1) is 0 Å². The monoisotopic (exact) mass is 476 g/mol. The normalized spacial score (nSPS) is 15.7. The molecule has 166 valence electrons. The van der Waals surface area contributed by atoms with E-state index in [2.05, 4.69) is 9.97 Å². The summed E-state index contributed by atoms with van der Waals surface area (Å²) in [6.07, 6.45) is 9.07. The maximum absolute atomic E-state index is 12.9. The van der Waals surface area contributed by atoms with Crippen molar-refractivity contribution >= 4 is 40.7 Å². The number of allylic oxidation sites excluding steroid dienone is 2. The third-order valence-corrected chi connectivity index (χ3v) is 7.46. The van der Waals surface area contributed by atoms with E-state index in [9.17, 15) is 4.79 Å². The minimum atomic E-state index is 0.186. The van der Waals surface area contributed by atoms with Gasteiger partial charge in [0, 0.05) is 37.0 Å². The van der Waals surface area contributed by atoms with Crippen LogP contribution in [0.4, 0.5) is 11.6 Å². The standard InChI is InChI=1S/C25H21ClN4O2S/c1-29-19(15-5-7-18(26)8-6-15)14-28-25(29)33-23-10-9-22(32-23)30-20-13-27-12-17(20)11-16-3-2-4-21(31)24(16)30/h5-10,12-14,27H,2-4,11H2,1H3. The van der Waals surface area contributed by atoms with Crippen molar-refractivity contribution < 1.29 is 9.21 Å². The molecule has 0 radical (unpaired) electrons. The molecule has 6 rings (SSSR count). The number of nitrogens with zero attached hydrogens (tertiary/aromatic N) is 3. The van der Waals surface area contributed by atoms with E-state index in [4.69, 9.17) is 16.0 Å². The predicted octanol–water partition coefficient (Wildman–Crippen LogP) is 6.51. The lowest BCUT2D eigenvalue weighted by Gasteiger charge is -2.33. The second kappa shape index (κ2) is 8.01. The SMILES string of the molecule is Cn1c(-c2ccc(Cl)cc2)cnc1Sc1ccc(N2C3=C(CCCC3=O)Cc3c[nH]cc32)o1. The first-order chi connectivity index (χ1) is 16.1. The highest BCUT2D eigenvalue weighted by Gasteiger charge is 2.34. The molecule has 0 spiro atoms. The fourth-order valence-corrected chi connectivity index (χ4v) is 5.53. The number of Topliss-reactive ketones (excluding diaryl/α,β-unsaturated/α-hetero) is 1. The number of furan rings is 1. The fraction of sp³-hybridized carbons (Fsp3) is 0.200. The molecule has 33 heavy (non-hydrogen) atoms. The van der Waals surface area contributed by atoms with Crippen molar-refractivity contribution in [2.75, 3.05) is 4.90 Å². The van der Waals surface area contributed by atoms with Crippen LogP contribution in [0.3, 0.4) is 0 Å². The molecule has 4 heterocycles. The Kier molecular flexibility index (Phi) is 4.96. The molecule has 0 unspecified atom stereocenters. The van der Waals surface area contributed by atoms with Crippen LogP contribution in [0.2, 0.25) is 5.02 Å². The summed E-state index contributed by atoms with van der Waals surface area (Å²) >= 11 is 7.48. The molecule has 0 saturated carbocycles. The fourth-order valence-electron chi connectivity index (χ4n) is 4.62. The molecule has 0 atom stereocenters. The Morgan fingerprint density at radius 1 is 1.12 bits per heavy atom. The van der Waals surface area contributed by atoms with Crippen molar-refractivity contribution in [2.24, 2.45) is 7.05 Å². The van der Waals surface area contributed by atoms with Crippen molar-refractivity contribution in [1.29, 1.82) is 0 Å². The van der Waals surface area contributed by atoms with E-state index in [0.717, 1.165) is 52.2 Å². The van der Waals surface area contributed by atoms with Crippen molar-refractivity contribution in [1.82, 2.24) is 14.5 Å². The highest BCUT2D eigenvalue weighted by atomic mass is 35.5. The Bertz CT molecular complexity index is 1400. The number of hydrogen-bond acceptors (Lipinski definition) is 5. The maximum Gasteiger partial charge on any atom is 0.206 e. The van der Waals surface area contributed by atoms with Crippen molar-refractivity contribution in [2.45, 2.75) is 35.9 Å². The van der Waals surface area contributed by atoms with E-state index >= 15 is 0 Å². The van der Waals surface area contributed by atoms with Crippen LogP contribution in [0, 0.1) is 0 Å². The van der Waals surface area contributed by atoms with Gasteiger partial charge in [-0.3, -0.25) is 9.69 Å². The van der Waals surface area contributed by atoms with E-state index in [1.165, 1.54) is 22.9 Å². The van der Waals surface area contributed by atoms with E-state index < -0.39 is 0 Å². The second-order valence-corrected chi connectivity index (χ2v) is 9.70. The Labute approximate surface area is 200 Å². The molecule has 0 fully saturated rings. The average molecular weight is 477 g/mol. The van der Waals surface area contributed by atoms with Crippen LogP contribution < -0.4 is 4.90 Å². The zero-order valence-corrected chi connectivity index (χ0v) is 19.5. The lowest BCUT2D eigenvalue weighted by Crippen LogP contribution is -2.30. The van der Waals surface area contributed by atoms with Gasteiger partial charge in [0.1, 0.15) is 0 Å². The molecule has 1 N–H and O–H groups in total. The summed E-state index contributed by atoms with van der Waals surface area (Å²) in [5.74, 6) is 0.832. The molecule has 0 saturated heterocycles. The van der Waals surface area contributed by atoms with Gasteiger partial charge >= 0.3 is 0 Å². The zero-order valence-electron chi connectivity index (χ0n) is 18.0. The van der Waals surface area contributed by atoms with Gasteiger partial charge in [0.15, 0.2) is 16.0 Å². The van der Waals surface area contributed by atoms with Gasteiger partial charge in [0.25, 0.3) is 0 Å². The smallest absolute Gasteiger partial charge is 0.206 e. The third kappa shape index (κ3) is 3.52. The van der Waals surface area contributed by atoms with Crippen molar-refractivity contribution in [3.8, 4) is 11.3 Å². The number of benzene rings is 1. The number of imidazole rings is 1. The van der Waals surface area contributed by atoms with Crippen LogP contribution in [-0.4, -0.2) is 20.3 Å². The highest BCUT2D eigenvalue weighted by Crippen LogP contribution is 2.44. The second-order valence-electron chi connectivity index (χ2n) is 8.29. The Morgan fingerprint density at radius 3 is 2.82 bits per heavy atom. The number of rotatable bonds is 4. The van der Waals surface area contributed by atoms with Crippen molar-refractivity contribution in [3.63, 3.8) is 0 Å². The predicted molar refractivity (Wildman–Crippen MR) is 129 cm³/mol. The lowest BCUT2D eigenvalue weighted by atomic mass is 9.87. The molecule has 0 amide bonds. The number of ketones is 1. The van der Waals surface area contributed by atoms with Gasteiger partial charge in [-0.25, -0.2) is 4.98 Å². The summed E-state index contributed by atoms with van der Waals surface area (Å²) in [6, 6.07) is 11.6. The number of H-pyrrole nitrogens is 1. The highest BCUT2D eigenvalue weighted by molar-refractivity contribution is 7.99. The maximum atomic E-state index is 12.9. The number of nitrogens with one attached hydrogen (secondary N) is 1. The van der Waals surface area contributed by atoms with Crippen LogP contribution in [0.1, 0.15) is 24.8 Å². The van der Waals surface area contributed by atoms with Crippen LogP contribution in [0.25, 0.3) is 11.3 Å². The number of hydrogen-bond donors (Lipinski definition) is 1. The quantitative estimate of drug-likeness (QED) is 0.363. The number of aromatic amines is 1. The van der Waals surface area contributed by atoms with E-state index in [-0.39, 0.29) is 5.78 Å².